The molecule has 0 bridgehead atoms. The zero-order chi connectivity index (χ0) is 10.3. The number of allylic oxidation sites excluding steroid dienone is 2. The van der Waals surface area contributed by atoms with E-state index in [1.54, 1.807) is 0 Å². The number of hydrogen-bond acceptors (Lipinski definition) is 2. The molecule has 0 N–H and O–H groups in total. The lowest BCUT2D eigenvalue weighted by atomic mass is 9.78. The van der Waals surface area contributed by atoms with Gasteiger partial charge in [-0.1, -0.05) is 12.5 Å². The summed E-state index contributed by atoms with van der Waals surface area (Å²) in [5.41, 5.74) is 2.06. The molecule has 0 amide bonds. The average molecular weight is 192 g/mol. The van der Waals surface area contributed by atoms with E-state index in [9.17, 15) is 9.59 Å². The summed E-state index contributed by atoms with van der Waals surface area (Å²) in [5.74, 6) is 0.590. The lowest BCUT2D eigenvalue weighted by Crippen LogP contribution is -2.20. The molecule has 1 atom stereocenters. The van der Waals surface area contributed by atoms with Crippen LogP contribution in [-0.2, 0) is 9.59 Å². The summed E-state index contributed by atoms with van der Waals surface area (Å²) in [6.07, 6.45) is 3.65. The summed E-state index contributed by atoms with van der Waals surface area (Å²) >= 11 is 0. The van der Waals surface area contributed by atoms with Gasteiger partial charge in [-0.05, 0) is 19.8 Å². The Morgan fingerprint density at radius 3 is 2.29 bits per heavy atom. The summed E-state index contributed by atoms with van der Waals surface area (Å²) in [6.45, 7) is 4.11. The zero-order valence-corrected chi connectivity index (χ0v) is 8.85. The van der Waals surface area contributed by atoms with Crippen molar-refractivity contribution in [1.82, 2.24) is 0 Å². The lowest BCUT2D eigenvalue weighted by molar-refractivity contribution is -0.117. The van der Waals surface area contributed by atoms with Crippen LogP contribution in [0.25, 0.3) is 0 Å². The Hall–Kier alpha value is -0.920. The van der Waals surface area contributed by atoms with E-state index in [2.05, 4.69) is 6.92 Å². The number of rotatable bonds is 1. The van der Waals surface area contributed by atoms with Crippen LogP contribution in [-0.4, -0.2) is 11.6 Å². The van der Waals surface area contributed by atoms with Crippen LogP contribution in [0.5, 0.6) is 0 Å². The first-order chi connectivity index (χ1) is 6.53. The van der Waals surface area contributed by atoms with Crippen molar-refractivity contribution >= 4 is 11.6 Å². The summed E-state index contributed by atoms with van der Waals surface area (Å²) in [4.78, 5) is 23.0. The Bertz CT molecular complexity index is 338. The minimum atomic E-state index is -0.130. The highest BCUT2D eigenvalue weighted by Gasteiger charge is 2.42. The smallest absolute Gasteiger partial charge is 0.159 e. The van der Waals surface area contributed by atoms with Gasteiger partial charge in [0.2, 0.25) is 0 Å². The Kier molecular flexibility index (Phi) is 2.09. The summed E-state index contributed by atoms with van der Waals surface area (Å²) in [5, 5.41) is 0. The highest BCUT2D eigenvalue weighted by Crippen LogP contribution is 2.46. The van der Waals surface area contributed by atoms with Gasteiger partial charge in [0.15, 0.2) is 5.78 Å². The van der Waals surface area contributed by atoms with Gasteiger partial charge in [-0.3, -0.25) is 9.59 Å². The van der Waals surface area contributed by atoms with Gasteiger partial charge in [-0.25, -0.2) is 0 Å². The predicted octanol–water partition coefficient (Wildman–Crippen LogP) is 2.43. The molecular formula is C12H16O2. The standard InChI is InChI=1S/C12H16O2/c1-8-3-4-10(14)11(8)12(2)6-5-9(13)7-12/h3-7H2,1-2H3. The van der Waals surface area contributed by atoms with Crippen LogP contribution in [0.1, 0.15) is 46.0 Å². The second kappa shape index (κ2) is 3.04. The Balaban J connectivity index is 2.34. The fraction of sp³-hybridized carbons (Fsp3) is 0.667. The molecule has 0 aromatic carbocycles. The maximum atomic E-state index is 11.7. The molecule has 76 valence electrons. The minimum Gasteiger partial charge on any atom is -0.300 e. The fourth-order valence-corrected chi connectivity index (χ4v) is 2.88. The van der Waals surface area contributed by atoms with Gasteiger partial charge in [0.1, 0.15) is 5.78 Å². The molecule has 0 aliphatic heterocycles. The van der Waals surface area contributed by atoms with Crippen molar-refractivity contribution in [3.63, 3.8) is 0 Å². The van der Waals surface area contributed by atoms with Crippen molar-refractivity contribution in [2.45, 2.75) is 46.0 Å². The molecule has 2 rings (SSSR count). The Morgan fingerprint density at radius 1 is 1.14 bits per heavy atom. The Labute approximate surface area is 84.4 Å². The fourth-order valence-electron chi connectivity index (χ4n) is 2.88. The average Bonchev–Trinajstić information content (AvgIpc) is 2.58. The van der Waals surface area contributed by atoms with Crippen LogP contribution >= 0.6 is 0 Å². The molecule has 2 heteroatoms. The van der Waals surface area contributed by atoms with Crippen LogP contribution in [0.2, 0.25) is 0 Å². The molecule has 14 heavy (non-hydrogen) atoms. The molecule has 0 radical (unpaired) electrons. The van der Waals surface area contributed by atoms with E-state index in [0.717, 1.165) is 18.4 Å². The number of hydrogen-bond donors (Lipinski definition) is 0. The number of ketones is 2. The molecule has 0 saturated heterocycles. The highest BCUT2D eigenvalue weighted by atomic mass is 16.1. The van der Waals surface area contributed by atoms with Crippen molar-refractivity contribution in [1.29, 1.82) is 0 Å². The maximum Gasteiger partial charge on any atom is 0.159 e. The van der Waals surface area contributed by atoms with E-state index >= 15 is 0 Å². The van der Waals surface area contributed by atoms with Crippen LogP contribution in [0.4, 0.5) is 0 Å². The molecule has 2 nitrogen and oxygen atoms in total. The second-order valence-electron chi connectivity index (χ2n) is 4.85. The van der Waals surface area contributed by atoms with E-state index in [-0.39, 0.29) is 11.2 Å². The zero-order valence-electron chi connectivity index (χ0n) is 8.85. The monoisotopic (exact) mass is 192 g/mol. The quantitative estimate of drug-likeness (QED) is 0.639. The predicted molar refractivity (Wildman–Crippen MR) is 53.9 cm³/mol. The molecule has 2 aliphatic carbocycles. The lowest BCUT2D eigenvalue weighted by Gasteiger charge is -2.24. The molecular weight excluding hydrogens is 176 g/mol. The van der Waals surface area contributed by atoms with E-state index < -0.39 is 0 Å². The van der Waals surface area contributed by atoms with Crippen LogP contribution in [0, 0.1) is 5.41 Å². The largest absolute Gasteiger partial charge is 0.300 e. The first-order valence-electron chi connectivity index (χ1n) is 5.28. The van der Waals surface area contributed by atoms with Crippen molar-refractivity contribution in [3.8, 4) is 0 Å². The van der Waals surface area contributed by atoms with Crippen LogP contribution in [0.15, 0.2) is 11.1 Å². The summed E-state index contributed by atoms with van der Waals surface area (Å²) < 4.78 is 0. The molecule has 0 aromatic heterocycles. The molecule has 0 heterocycles. The maximum absolute atomic E-state index is 11.7. The van der Waals surface area contributed by atoms with Crippen LogP contribution < -0.4 is 0 Å². The van der Waals surface area contributed by atoms with Crippen molar-refractivity contribution in [2.75, 3.05) is 0 Å². The normalized spacial score (nSPS) is 33.3. The molecule has 1 fully saturated rings. The van der Waals surface area contributed by atoms with E-state index in [0.29, 0.717) is 25.0 Å². The van der Waals surface area contributed by atoms with Gasteiger partial charge >= 0.3 is 0 Å². The van der Waals surface area contributed by atoms with Gasteiger partial charge < -0.3 is 0 Å². The van der Waals surface area contributed by atoms with E-state index in [1.807, 2.05) is 6.92 Å². The van der Waals surface area contributed by atoms with Crippen molar-refractivity contribution in [2.24, 2.45) is 5.41 Å². The molecule has 1 unspecified atom stereocenters. The molecule has 1 saturated carbocycles. The Morgan fingerprint density at radius 2 is 1.86 bits per heavy atom. The molecule has 2 aliphatic rings. The minimum absolute atomic E-state index is 0.130. The van der Waals surface area contributed by atoms with E-state index in [1.165, 1.54) is 5.57 Å². The first kappa shape index (κ1) is 9.63. The highest BCUT2D eigenvalue weighted by molar-refractivity contribution is 6.01. The SMILES string of the molecule is CC1=C(C2(C)CCC(=O)C2)C(=O)CC1. The number of Topliss-reactive ketones (excluding diaryl/α,β-unsaturated/α-hetero) is 2. The van der Waals surface area contributed by atoms with Gasteiger partial charge in [-0.15, -0.1) is 0 Å². The van der Waals surface area contributed by atoms with Gasteiger partial charge in [0.05, 0.1) is 0 Å². The first-order valence-corrected chi connectivity index (χ1v) is 5.28. The summed E-state index contributed by atoms with van der Waals surface area (Å²) in [7, 11) is 0. The second-order valence-corrected chi connectivity index (χ2v) is 4.85. The topological polar surface area (TPSA) is 34.1 Å². The summed E-state index contributed by atoms with van der Waals surface area (Å²) in [6, 6.07) is 0. The molecule has 0 spiro atoms. The van der Waals surface area contributed by atoms with Gasteiger partial charge in [0.25, 0.3) is 0 Å². The van der Waals surface area contributed by atoms with Crippen molar-refractivity contribution < 1.29 is 9.59 Å². The molecule has 0 aromatic rings. The van der Waals surface area contributed by atoms with Crippen molar-refractivity contribution in [3.05, 3.63) is 11.1 Å². The van der Waals surface area contributed by atoms with E-state index in [4.69, 9.17) is 0 Å². The van der Waals surface area contributed by atoms with Gasteiger partial charge in [0, 0.05) is 30.3 Å². The number of carbonyl (C=O) groups is 2. The number of carbonyl (C=O) groups excluding carboxylic acids is 2. The third-order valence-electron chi connectivity index (χ3n) is 3.58. The third-order valence-corrected chi connectivity index (χ3v) is 3.58. The van der Waals surface area contributed by atoms with Gasteiger partial charge in [-0.2, -0.15) is 0 Å². The third kappa shape index (κ3) is 1.33. The van der Waals surface area contributed by atoms with Crippen LogP contribution in [0.3, 0.4) is 0 Å².